The van der Waals surface area contributed by atoms with E-state index in [1.54, 1.807) is 38.4 Å². The van der Waals surface area contributed by atoms with Gasteiger partial charge < -0.3 is 19.8 Å². The number of aliphatic hydroxyl groups is 1. The Balaban J connectivity index is 1.53. The number of hydrogen-bond donors (Lipinski definition) is 1. The second-order valence-corrected chi connectivity index (χ2v) is 12.5. The summed E-state index contributed by atoms with van der Waals surface area (Å²) in [6, 6.07) is 6.73. The zero-order valence-corrected chi connectivity index (χ0v) is 24.0. The number of carbonyl (C=O) groups is 3. The van der Waals surface area contributed by atoms with Crippen molar-refractivity contribution in [1.82, 2.24) is 29.7 Å². The Morgan fingerprint density at radius 3 is 2.62 bits per heavy atom. The first-order valence-corrected chi connectivity index (χ1v) is 14.9. The molecule has 3 amide bonds. The van der Waals surface area contributed by atoms with Crippen LogP contribution in [-0.2, 0) is 21.1 Å². The highest BCUT2D eigenvalue weighted by Gasteiger charge is 2.76. The van der Waals surface area contributed by atoms with Gasteiger partial charge in [-0.2, -0.15) is 0 Å². The average Bonchev–Trinajstić information content (AvgIpc) is 3.66. The van der Waals surface area contributed by atoms with Crippen LogP contribution in [0.3, 0.4) is 0 Å². The Morgan fingerprint density at radius 1 is 1.20 bits per heavy atom. The van der Waals surface area contributed by atoms with Gasteiger partial charge in [0.25, 0.3) is 0 Å². The van der Waals surface area contributed by atoms with Gasteiger partial charge in [-0.05, 0) is 30.9 Å². The fraction of sp³-hybridized carbons (Fsp3) is 0.552. The summed E-state index contributed by atoms with van der Waals surface area (Å²) in [5, 5.41) is 18.4. The Labute approximate surface area is 239 Å². The number of fused-ring (bicyclic) bond motifs is 2. The molecule has 10 nitrogen and oxygen atoms in total. The van der Waals surface area contributed by atoms with E-state index in [2.05, 4.69) is 30.4 Å². The zero-order chi connectivity index (χ0) is 28.6. The molecule has 3 aliphatic heterocycles. The summed E-state index contributed by atoms with van der Waals surface area (Å²) in [6.45, 7) is 13.0. The molecular formula is C29H38N6O4S. The zero-order valence-electron chi connectivity index (χ0n) is 23.2. The Morgan fingerprint density at radius 2 is 1.93 bits per heavy atom. The number of hydrogen-bond acceptors (Lipinski definition) is 7. The van der Waals surface area contributed by atoms with E-state index in [0.717, 1.165) is 23.9 Å². The summed E-state index contributed by atoms with van der Waals surface area (Å²) >= 11 is 1.64. The Hall–Kier alpha value is -3.18. The molecule has 1 N–H and O–H groups in total. The van der Waals surface area contributed by atoms with Crippen LogP contribution in [0.2, 0.25) is 0 Å². The molecule has 2 aromatic rings. The molecule has 3 fully saturated rings. The SMILES string of the molecule is C=CCN(Cn1nnc2ccccc21)C(=O)C1N(CCO)C(=O)[C@@H]2[C@@H](C(=O)N(CC=C)CCC)[C@H]3CC(C)C12S3. The smallest absolute Gasteiger partial charge is 0.248 e. The molecule has 3 aliphatic rings. The van der Waals surface area contributed by atoms with Crippen LogP contribution in [-0.4, -0.2) is 101 Å². The molecular weight excluding hydrogens is 528 g/mol. The summed E-state index contributed by atoms with van der Waals surface area (Å²) in [5.74, 6) is -1.58. The average molecular weight is 567 g/mol. The first-order chi connectivity index (χ1) is 19.3. The molecule has 4 heterocycles. The van der Waals surface area contributed by atoms with Gasteiger partial charge in [0, 0.05) is 31.4 Å². The number of amides is 3. The molecule has 40 heavy (non-hydrogen) atoms. The highest BCUT2D eigenvalue weighted by molar-refractivity contribution is 8.02. The van der Waals surface area contributed by atoms with Gasteiger partial charge in [0.15, 0.2) is 0 Å². The summed E-state index contributed by atoms with van der Waals surface area (Å²) in [6.07, 6.45) is 4.93. The number of β-amino-alcohol motifs (C(OH)–C–C–N with tert-alkyl or cyclic N) is 1. The maximum absolute atomic E-state index is 14.5. The molecule has 1 aromatic heterocycles. The molecule has 3 unspecified atom stereocenters. The number of likely N-dealkylation sites (tertiary alicyclic amines) is 1. The molecule has 0 saturated carbocycles. The molecule has 2 bridgehead atoms. The number of carbonyl (C=O) groups excluding carboxylic acids is 3. The van der Waals surface area contributed by atoms with Crippen LogP contribution in [0.4, 0.5) is 0 Å². The van der Waals surface area contributed by atoms with Gasteiger partial charge in [-0.25, -0.2) is 4.68 Å². The quantitative estimate of drug-likeness (QED) is 0.392. The van der Waals surface area contributed by atoms with E-state index in [-0.39, 0.29) is 55.3 Å². The standard InChI is InChI=1S/C29H38N6O4S/c1-5-12-32(13-6-2)26(37)23-22-17-19(4)29(40-22)24(23)27(38)34(15-16-36)25(29)28(39)33(14-7-3)18-35-21-11-9-8-10-20(21)30-31-35/h5,7-11,19,22-25,36H,1,3,6,12-18H2,2,4H3/t19?,22-,23+,24+,25?,29?/m1/s1. The lowest BCUT2D eigenvalue weighted by molar-refractivity contribution is -0.145. The molecule has 0 radical (unpaired) electrons. The van der Waals surface area contributed by atoms with E-state index < -0.39 is 22.6 Å². The van der Waals surface area contributed by atoms with Gasteiger partial charge in [0.2, 0.25) is 17.7 Å². The van der Waals surface area contributed by atoms with Crippen molar-refractivity contribution < 1.29 is 19.5 Å². The molecule has 11 heteroatoms. The van der Waals surface area contributed by atoms with Gasteiger partial charge in [-0.1, -0.05) is 43.3 Å². The van der Waals surface area contributed by atoms with Crippen LogP contribution in [0.1, 0.15) is 26.7 Å². The number of benzene rings is 1. The second kappa shape index (κ2) is 11.4. The normalized spacial score (nSPS) is 28.6. The highest BCUT2D eigenvalue weighted by Crippen LogP contribution is 2.68. The van der Waals surface area contributed by atoms with Crippen LogP contribution in [0.5, 0.6) is 0 Å². The fourth-order valence-electron chi connectivity index (χ4n) is 7.09. The molecule has 5 rings (SSSR count). The van der Waals surface area contributed by atoms with Gasteiger partial charge in [0.05, 0.1) is 28.7 Å². The maximum Gasteiger partial charge on any atom is 0.248 e. The third-order valence-electron chi connectivity index (χ3n) is 8.65. The van der Waals surface area contributed by atoms with Crippen LogP contribution in [0, 0.1) is 17.8 Å². The first-order valence-electron chi connectivity index (χ1n) is 14.0. The van der Waals surface area contributed by atoms with Crippen molar-refractivity contribution in [2.75, 3.05) is 32.8 Å². The number of thioether (sulfide) groups is 1. The van der Waals surface area contributed by atoms with E-state index in [0.29, 0.717) is 13.1 Å². The van der Waals surface area contributed by atoms with Crippen molar-refractivity contribution in [1.29, 1.82) is 0 Å². The van der Waals surface area contributed by atoms with Crippen molar-refractivity contribution >= 4 is 40.5 Å². The van der Waals surface area contributed by atoms with Crippen molar-refractivity contribution in [2.45, 2.75) is 49.4 Å². The van der Waals surface area contributed by atoms with Gasteiger partial charge in [0.1, 0.15) is 18.2 Å². The van der Waals surface area contributed by atoms with Crippen molar-refractivity contribution in [2.24, 2.45) is 17.8 Å². The number of nitrogens with zero attached hydrogens (tertiary/aromatic N) is 6. The Kier molecular flexibility index (Phi) is 8.05. The van der Waals surface area contributed by atoms with E-state index in [1.807, 2.05) is 31.2 Å². The minimum atomic E-state index is -0.811. The predicted octanol–water partition coefficient (Wildman–Crippen LogP) is 2.16. The lowest BCUT2D eigenvalue weighted by Crippen LogP contribution is -2.58. The van der Waals surface area contributed by atoms with Crippen LogP contribution >= 0.6 is 11.8 Å². The third-order valence-corrected chi connectivity index (χ3v) is 10.7. The van der Waals surface area contributed by atoms with Gasteiger partial charge in [-0.3, -0.25) is 14.4 Å². The van der Waals surface area contributed by atoms with E-state index >= 15 is 0 Å². The predicted molar refractivity (Wildman–Crippen MR) is 154 cm³/mol. The minimum absolute atomic E-state index is 0.0336. The number of para-hydroxylation sites is 1. The third kappa shape index (κ3) is 4.34. The minimum Gasteiger partial charge on any atom is -0.395 e. The van der Waals surface area contributed by atoms with Crippen molar-refractivity contribution in [3.05, 3.63) is 49.6 Å². The molecule has 0 aliphatic carbocycles. The number of aliphatic hydroxyl groups excluding tert-OH is 1. The monoisotopic (exact) mass is 566 g/mol. The van der Waals surface area contributed by atoms with Crippen LogP contribution in [0.25, 0.3) is 11.0 Å². The van der Waals surface area contributed by atoms with Gasteiger partial charge in [-0.15, -0.1) is 30.0 Å². The number of aromatic nitrogens is 3. The maximum atomic E-state index is 14.5. The van der Waals surface area contributed by atoms with Crippen LogP contribution < -0.4 is 0 Å². The highest BCUT2D eigenvalue weighted by atomic mass is 32.2. The fourth-order valence-corrected chi connectivity index (χ4v) is 9.50. The topological polar surface area (TPSA) is 112 Å². The van der Waals surface area contributed by atoms with E-state index in [4.69, 9.17) is 0 Å². The summed E-state index contributed by atoms with van der Waals surface area (Å²) in [4.78, 5) is 47.6. The van der Waals surface area contributed by atoms with E-state index in [9.17, 15) is 19.5 Å². The van der Waals surface area contributed by atoms with Crippen molar-refractivity contribution in [3.63, 3.8) is 0 Å². The van der Waals surface area contributed by atoms with E-state index in [1.165, 1.54) is 4.90 Å². The largest absolute Gasteiger partial charge is 0.395 e. The first kappa shape index (κ1) is 28.4. The molecule has 6 atom stereocenters. The summed E-state index contributed by atoms with van der Waals surface area (Å²) < 4.78 is 0.913. The number of rotatable bonds is 12. The summed E-state index contributed by atoms with van der Waals surface area (Å²) in [5.41, 5.74) is 1.52. The van der Waals surface area contributed by atoms with Crippen LogP contribution in [0.15, 0.2) is 49.6 Å². The second-order valence-electron chi connectivity index (χ2n) is 10.9. The molecule has 214 valence electrons. The molecule has 1 spiro atoms. The molecule has 1 aromatic carbocycles. The van der Waals surface area contributed by atoms with Gasteiger partial charge >= 0.3 is 0 Å². The lowest BCUT2D eigenvalue weighted by Gasteiger charge is -2.41. The molecule has 3 saturated heterocycles. The lowest BCUT2D eigenvalue weighted by atomic mass is 9.65. The van der Waals surface area contributed by atoms with Crippen molar-refractivity contribution in [3.8, 4) is 0 Å². The Bertz CT molecular complexity index is 1310. The summed E-state index contributed by atoms with van der Waals surface area (Å²) in [7, 11) is 0.